The van der Waals surface area contributed by atoms with Crippen LogP contribution >= 0.6 is 0 Å². The van der Waals surface area contributed by atoms with E-state index in [1.165, 1.54) is 18.2 Å². The molecule has 0 aromatic heterocycles. The number of benzene rings is 1. The highest BCUT2D eigenvalue weighted by molar-refractivity contribution is 7.94. The van der Waals surface area contributed by atoms with Crippen LogP contribution < -0.4 is 10.7 Å². The molecule has 3 rings (SSSR count). The molecule has 0 spiro atoms. The van der Waals surface area contributed by atoms with Crippen molar-refractivity contribution in [2.75, 3.05) is 0 Å². The summed E-state index contributed by atoms with van der Waals surface area (Å²) >= 11 is 0. The molecule has 3 amide bonds. The Morgan fingerprint density at radius 1 is 1.27 bits per heavy atom. The van der Waals surface area contributed by atoms with Gasteiger partial charge in [-0.05, 0) is 45.4 Å². The number of amides is 3. The molecule has 4 atom stereocenters. The van der Waals surface area contributed by atoms with Crippen molar-refractivity contribution in [1.82, 2.24) is 15.6 Å². The van der Waals surface area contributed by atoms with Crippen LogP contribution in [0.2, 0.25) is 0 Å². The number of nitrogens with one attached hydrogen (secondary N) is 2. The number of alkyl carbamates (subject to hydrolysis) is 1. The van der Waals surface area contributed by atoms with E-state index in [9.17, 15) is 42.9 Å². The Hall–Kier alpha value is -3.88. The van der Waals surface area contributed by atoms with Crippen LogP contribution in [0.5, 0.6) is 11.5 Å². The Morgan fingerprint density at radius 2 is 1.92 bits per heavy atom. The lowest BCUT2D eigenvalue weighted by molar-refractivity contribution is -0.156. The summed E-state index contributed by atoms with van der Waals surface area (Å²) in [5.74, 6) is -3.93. The third-order valence-electron chi connectivity index (χ3n) is 5.96. The Bertz CT molecular complexity index is 1270. The fourth-order valence-electron chi connectivity index (χ4n) is 4.10. The van der Waals surface area contributed by atoms with Gasteiger partial charge in [0.1, 0.15) is 21.8 Å². The second-order valence-electron chi connectivity index (χ2n) is 9.89. The maximum Gasteiger partial charge on any atom is 0.408 e. The van der Waals surface area contributed by atoms with Crippen LogP contribution in [0.25, 0.3) is 0 Å². The van der Waals surface area contributed by atoms with E-state index >= 15 is 0 Å². The number of aliphatic carboxylic acids is 1. The minimum absolute atomic E-state index is 0.188. The first kappa shape index (κ1) is 27.7. The molecule has 0 aliphatic carbocycles. The zero-order valence-corrected chi connectivity index (χ0v) is 21.3. The first-order valence-electron chi connectivity index (χ1n) is 11.1. The highest BCUT2D eigenvalue weighted by Gasteiger charge is 2.69. The molecule has 14 nitrogen and oxygen atoms in total. The molecule has 2 aliphatic heterocycles. The average Bonchev–Trinajstić information content (AvgIpc) is 2.89. The lowest BCUT2D eigenvalue weighted by atomic mass is 9.97. The maximum atomic E-state index is 12.9. The number of fused-ring (bicyclic) bond motifs is 1. The number of carbonyl (C=O) groups excluding carboxylic acids is 3. The number of hydrogen-bond acceptors (Lipinski definition) is 10. The standard InChI is InChI=1S/C22H28N4O10S/c1-21(2,3)36-20(33)24-12(7-11-5-6-13(27)14(28)8-11)18(30)25-23-10-22(4)17(19(31)32)26-15(29)9-16(26)37(22,34)35/h5-6,8,10,12,16-17,27-28H,7,9H2,1-4H3,(H,24,33)(H,25,30)(H,31,32)/b23-10+/t12?,16-,17+,22+/m1/s1. The summed E-state index contributed by atoms with van der Waals surface area (Å²) in [6.07, 6.45) is -0.726. The van der Waals surface area contributed by atoms with E-state index in [1.54, 1.807) is 20.8 Å². The minimum atomic E-state index is -4.19. The van der Waals surface area contributed by atoms with Gasteiger partial charge in [-0.1, -0.05) is 6.07 Å². The molecule has 1 aromatic rings. The summed E-state index contributed by atoms with van der Waals surface area (Å²) in [7, 11) is -4.19. The zero-order chi connectivity index (χ0) is 27.9. The van der Waals surface area contributed by atoms with E-state index in [2.05, 4.69) is 15.8 Å². The highest BCUT2D eigenvalue weighted by atomic mass is 32.2. The number of carboxylic acids is 1. The SMILES string of the molecule is CC(C)(C)OC(=O)NC(Cc1ccc(O)c(O)c1)C(=O)N/N=C/[C@@]1(C)[C@H](C(=O)O)N2C(=O)C[C@H]2S1(=O)=O. The van der Waals surface area contributed by atoms with Crippen LogP contribution in [-0.4, -0.2) is 86.5 Å². The third kappa shape index (κ3) is 5.30. The number of aromatic hydroxyl groups is 2. The molecule has 0 bridgehead atoms. The van der Waals surface area contributed by atoms with E-state index in [0.717, 1.165) is 18.0 Å². The topological polar surface area (TPSA) is 212 Å². The molecule has 2 saturated heterocycles. The van der Waals surface area contributed by atoms with Gasteiger partial charge in [0, 0.05) is 12.6 Å². The van der Waals surface area contributed by atoms with Crippen molar-refractivity contribution in [1.29, 1.82) is 0 Å². The lowest BCUT2D eigenvalue weighted by Gasteiger charge is -2.35. The first-order valence-corrected chi connectivity index (χ1v) is 12.6. The van der Waals surface area contributed by atoms with E-state index in [4.69, 9.17) is 4.74 Å². The fraction of sp³-hybridized carbons (Fsp3) is 0.500. The van der Waals surface area contributed by atoms with E-state index in [1.807, 2.05) is 0 Å². The van der Waals surface area contributed by atoms with Crippen molar-refractivity contribution in [3.63, 3.8) is 0 Å². The number of β-lactam (4-membered cyclic amide) rings is 1. The number of phenols is 2. The second-order valence-corrected chi connectivity index (χ2v) is 12.4. The van der Waals surface area contributed by atoms with Gasteiger partial charge < -0.3 is 30.3 Å². The van der Waals surface area contributed by atoms with Gasteiger partial charge in [-0.3, -0.25) is 9.59 Å². The van der Waals surface area contributed by atoms with Gasteiger partial charge in [-0.15, -0.1) is 0 Å². The maximum absolute atomic E-state index is 12.9. The van der Waals surface area contributed by atoms with E-state index in [-0.39, 0.29) is 12.8 Å². The smallest absolute Gasteiger partial charge is 0.408 e. The van der Waals surface area contributed by atoms with Crippen LogP contribution in [-0.2, 0) is 35.4 Å². The number of nitrogens with zero attached hydrogens (tertiary/aromatic N) is 2. The van der Waals surface area contributed by atoms with Gasteiger partial charge in [-0.25, -0.2) is 23.4 Å². The molecular weight excluding hydrogens is 512 g/mol. The predicted octanol–water partition coefficient (Wildman–Crippen LogP) is -0.166. The first-order chi connectivity index (χ1) is 17.0. The van der Waals surface area contributed by atoms with Gasteiger partial charge in [0.25, 0.3) is 5.91 Å². The number of hydrogen-bond donors (Lipinski definition) is 5. The minimum Gasteiger partial charge on any atom is -0.504 e. The van der Waals surface area contributed by atoms with Crippen molar-refractivity contribution < 1.29 is 47.7 Å². The summed E-state index contributed by atoms with van der Waals surface area (Å²) in [6.45, 7) is 5.93. The number of rotatable bonds is 7. The van der Waals surface area contributed by atoms with Crippen LogP contribution in [0.15, 0.2) is 23.3 Å². The van der Waals surface area contributed by atoms with E-state index in [0.29, 0.717) is 5.56 Å². The van der Waals surface area contributed by atoms with E-state index < -0.39 is 73.0 Å². The van der Waals surface area contributed by atoms with Crippen molar-refractivity contribution in [3.05, 3.63) is 23.8 Å². The molecule has 5 N–H and O–H groups in total. The third-order valence-corrected chi connectivity index (χ3v) is 8.62. The zero-order valence-electron chi connectivity index (χ0n) is 20.5. The monoisotopic (exact) mass is 540 g/mol. The van der Waals surface area contributed by atoms with Crippen molar-refractivity contribution in [3.8, 4) is 11.5 Å². The van der Waals surface area contributed by atoms with Crippen LogP contribution in [0.1, 0.15) is 39.7 Å². The number of ether oxygens (including phenoxy) is 1. The van der Waals surface area contributed by atoms with Gasteiger partial charge in [0.15, 0.2) is 27.4 Å². The largest absolute Gasteiger partial charge is 0.504 e. The van der Waals surface area contributed by atoms with Crippen LogP contribution in [0.4, 0.5) is 4.79 Å². The molecule has 2 heterocycles. The van der Waals surface area contributed by atoms with Gasteiger partial charge in [-0.2, -0.15) is 5.10 Å². The van der Waals surface area contributed by atoms with Crippen LogP contribution in [0, 0.1) is 0 Å². The molecule has 1 unspecified atom stereocenters. The summed E-state index contributed by atoms with van der Waals surface area (Å²) in [4.78, 5) is 49.7. The molecular formula is C22H28N4O10S. The number of hydrazone groups is 1. The molecule has 1 aromatic carbocycles. The Labute approximate surface area is 212 Å². The Morgan fingerprint density at radius 3 is 2.46 bits per heavy atom. The molecule has 2 fully saturated rings. The fourth-order valence-corrected chi connectivity index (χ4v) is 6.31. The number of phenolic OH excluding ortho intramolecular Hbond substituents is 2. The molecule has 15 heteroatoms. The molecule has 37 heavy (non-hydrogen) atoms. The molecule has 2 aliphatic rings. The molecule has 202 valence electrons. The normalized spacial score (nSPS) is 25.2. The van der Waals surface area contributed by atoms with Gasteiger partial charge in [0.2, 0.25) is 5.91 Å². The lowest BCUT2D eigenvalue weighted by Crippen LogP contribution is -2.57. The van der Waals surface area contributed by atoms with Gasteiger partial charge >= 0.3 is 12.1 Å². The molecule has 0 saturated carbocycles. The summed E-state index contributed by atoms with van der Waals surface area (Å²) < 4.78 is 28.9. The number of sulfone groups is 1. The molecule has 0 radical (unpaired) electrons. The summed E-state index contributed by atoms with van der Waals surface area (Å²) in [5.41, 5.74) is 1.55. The predicted molar refractivity (Wildman–Crippen MR) is 127 cm³/mol. The van der Waals surface area contributed by atoms with Crippen molar-refractivity contribution >= 4 is 39.9 Å². The van der Waals surface area contributed by atoms with Gasteiger partial charge in [0.05, 0.1) is 6.42 Å². The van der Waals surface area contributed by atoms with Crippen molar-refractivity contribution in [2.24, 2.45) is 5.10 Å². The second kappa shape index (κ2) is 9.53. The quantitative estimate of drug-likeness (QED) is 0.133. The number of carboxylic acid groups (broad SMARTS) is 1. The Balaban J connectivity index is 1.83. The summed E-state index contributed by atoms with van der Waals surface area (Å²) in [5, 5.41) is 33.6. The highest BCUT2D eigenvalue weighted by Crippen LogP contribution is 2.45. The Kier molecular flexibility index (Phi) is 7.14. The summed E-state index contributed by atoms with van der Waals surface area (Å²) in [6, 6.07) is 0.704. The van der Waals surface area contributed by atoms with Crippen LogP contribution in [0.3, 0.4) is 0 Å². The van der Waals surface area contributed by atoms with Crippen molar-refractivity contribution in [2.45, 2.75) is 68.3 Å². The average molecular weight is 541 g/mol. The number of carbonyl (C=O) groups is 4.